The first-order valence-electron chi connectivity index (χ1n) is 1.46. The summed E-state index contributed by atoms with van der Waals surface area (Å²) in [7, 11) is 0.765. The third-order valence-electron chi connectivity index (χ3n) is 0.500. The summed E-state index contributed by atoms with van der Waals surface area (Å²) in [5.74, 6) is 0. The molecule has 0 bridgehead atoms. The lowest BCUT2D eigenvalue weighted by atomic mass is 12.9. The van der Waals surface area contributed by atoms with Gasteiger partial charge < -0.3 is 0 Å². The fraction of sp³-hybridized carbons (Fsp3) is 0. The van der Waals surface area contributed by atoms with Crippen LogP contribution < -0.4 is 10.2 Å². The van der Waals surface area contributed by atoms with Gasteiger partial charge in [0.15, 0.2) is 0 Å². The van der Waals surface area contributed by atoms with Crippen molar-refractivity contribution in [2.45, 2.75) is 0 Å². The van der Waals surface area contributed by atoms with E-state index in [4.69, 9.17) is 0 Å². The van der Waals surface area contributed by atoms with Crippen LogP contribution in [0, 0.1) is 0 Å². The van der Waals surface area contributed by atoms with Gasteiger partial charge in [0.1, 0.15) is 18.4 Å². The van der Waals surface area contributed by atoms with Crippen LogP contribution in [0.4, 0.5) is 0 Å². The average Bonchev–Trinajstić information content (AvgIpc) is 0.722. The molecule has 0 aromatic carbocycles. The lowest BCUT2D eigenvalue weighted by Gasteiger charge is -2.11. The number of nitrogens with one attached hydrogen (secondary N) is 2. The SMILES string of the molecule is N1N[SiH2][SiH2]1. The molecule has 0 spiro atoms. The van der Waals surface area contributed by atoms with Crippen molar-refractivity contribution in [2.75, 3.05) is 0 Å². The van der Waals surface area contributed by atoms with E-state index in [2.05, 4.69) is 10.2 Å². The molecule has 1 aliphatic rings. The minimum absolute atomic E-state index is 0.383. The summed E-state index contributed by atoms with van der Waals surface area (Å²) < 4.78 is 0. The van der Waals surface area contributed by atoms with Crippen molar-refractivity contribution < 1.29 is 0 Å². The van der Waals surface area contributed by atoms with Crippen molar-refractivity contribution in [1.29, 1.82) is 0 Å². The van der Waals surface area contributed by atoms with E-state index in [-0.39, 0.29) is 0 Å². The Morgan fingerprint density at radius 2 is 1.25 bits per heavy atom. The minimum atomic E-state index is 0.383. The van der Waals surface area contributed by atoms with Crippen molar-refractivity contribution >= 4 is 18.4 Å². The molecule has 2 N–H and O–H groups in total. The first kappa shape index (κ1) is 2.58. The maximum atomic E-state index is 3.06. The van der Waals surface area contributed by atoms with Crippen molar-refractivity contribution in [3.63, 3.8) is 0 Å². The van der Waals surface area contributed by atoms with E-state index < -0.39 is 0 Å². The molecule has 2 nitrogen and oxygen atoms in total. The molecule has 0 aromatic rings. The van der Waals surface area contributed by atoms with Gasteiger partial charge in [0.05, 0.1) is 0 Å². The zero-order valence-corrected chi connectivity index (χ0v) is 5.24. The number of hydrazine groups is 1. The summed E-state index contributed by atoms with van der Waals surface area (Å²) in [5, 5.41) is 6.12. The maximum Gasteiger partial charge on any atom is 0.113 e. The van der Waals surface area contributed by atoms with Gasteiger partial charge in [-0.15, -0.1) is 0 Å². The van der Waals surface area contributed by atoms with Gasteiger partial charge in [-0.1, -0.05) is 0 Å². The molecule has 1 heterocycles. The van der Waals surface area contributed by atoms with Crippen LogP contribution in [0.2, 0.25) is 0 Å². The highest BCUT2D eigenvalue weighted by Crippen LogP contribution is 1.47. The summed E-state index contributed by atoms with van der Waals surface area (Å²) >= 11 is 0. The standard InChI is InChI=1S/H6N2Si2/c1-2-4-3-1/h1-2H,3-4H2. The second kappa shape index (κ2) is 0.980. The Bertz CT molecular complexity index is 12.0. The first-order valence-corrected chi connectivity index (χ1v) is 6.87. The predicted octanol–water partition coefficient (Wildman–Crippen LogP) is -2.82. The molecule has 0 aromatic heterocycles. The smallest absolute Gasteiger partial charge is 0.113 e. The average molecular weight is 90.2 g/mol. The second-order valence-corrected chi connectivity index (χ2v) is 5.56. The highest BCUT2D eigenvalue weighted by Gasteiger charge is 1.93. The first-order chi connectivity index (χ1) is 2.00. The monoisotopic (exact) mass is 90.0 g/mol. The fourth-order valence-electron chi connectivity index (χ4n) is 0.125. The van der Waals surface area contributed by atoms with Crippen LogP contribution in [0.25, 0.3) is 0 Å². The van der Waals surface area contributed by atoms with Gasteiger partial charge in [-0.25, -0.2) is 0 Å². The quantitative estimate of drug-likeness (QED) is 0.313. The summed E-state index contributed by atoms with van der Waals surface area (Å²) in [6.07, 6.45) is 0. The van der Waals surface area contributed by atoms with Gasteiger partial charge in [0.2, 0.25) is 0 Å². The van der Waals surface area contributed by atoms with Crippen molar-refractivity contribution in [3.8, 4) is 0 Å². The topological polar surface area (TPSA) is 24.1 Å². The third-order valence-corrected chi connectivity index (χ3v) is 4.50. The van der Waals surface area contributed by atoms with Crippen LogP contribution >= 0.6 is 0 Å². The van der Waals surface area contributed by atoms with Crippen LogP contribution in [0.1, 0.15) is 0 Å². The Hall–Kier alpha value is 0.354. The molecule has 0 saturated carbocycles. The van der Waals surface area contributed by atoms with Crippen molar-refractivity contribution in [3.05, 3.63) is 0 Å². The number of rotatable bonds is 0. The van der Waals surface area contributed by atoms with Gasteiger partial charge >= 0.3 is 0 Å². The Labute approximate surface area is 29.5 Å². The van der Waals surface area contributed by atoms with Gasteiger partial charge in [0.25, 0.3) is 0 Å². The zero-order valence-electron chi connectivity index (χ0n) is 2.41. The van der Waals surface area contributed by atoms with E-state index in [0.29, 0.717) is 18.4 Å². The van der Waals surface area contributed by atoms with Crippen molar-refractivity contribution in [2.24, 2.45) is 0 Å². The molecular formula is H6N2Si2. The summed E-state index contributed by atoms with van der Waals surface area (Å²) in [4.78, 5) is 0. The summed E-state index contributed by atoms with van der Waals surface area (Å²) in [6, 6.07) is 0. The van der Waals surface area contributed by atoms with E-state index in [1.807, 2.05) is 0 Å². The molecule has 4 heavy (non-hydrogen) atoms. The molecule has 0 amide bonds. The van der Waals surface area contributed by atoms with Gasteiger partial charge in [-0.2, -0.15) is 0 Å². The van der Waals surface area contributed by atoms with E-state index in [1.165, 1.54) is 0 Å². The molecule has 1 rings (SSSR count). The Balaban J connectivity index is 2.00. The lowest BCUT2D eigenvalue weighted by Crippen LogP contribution is -2.56. The van der Waals surface area contributed by atoms with Crippen LogP contribution in [0.3, 0.4) is 0 Å². The van der Waals surface area contributed by atoms with Crippen molar-refractivity contribution in [1.82, 2.24) is 10.2 Å². The highest BCUT2D eigenvalue weighted by molar-refractivity contribution is 7.01. The largest absolute Gasteiger partial charge is 0.295 e. The minimum Gasteiger partial charge on any atom is -0.295 e. The molecule has 24 valence electrons. The molecule has 1 aliphatic heterocycles. The van der Waals surface area contributed by atoms with E-state index in [0.717, 1.165) is 0 Å². The normalized spacial score (nSPS) is 36.0. The molecule has 0 atom stereocenters. The Morgan fingerprint density at radius 3 is 1.25 bits per heavy atom. The maximum absolute atomic E-state index is 3.06. The predicted molar refractivity (Wildman–Crippen MR) is 23.4 cm³/mol. The van der Waals surface area contributed by atoms with Crippen LogP contribution in [0.15, 0.2) is 0 Å². The molecular weight excluding hydrogens is 84.2 g/mol. The van der Waals surface area contributed by atoms with Gasteiger partial charge in [-0.3, -0.25) is 10.2 Å². The number of hydrogen-bond donors (Lipinski definition) is 2. The van der Waals surface area contributed by atoms with E-state index >= 15 is 0 Å². The Morgan fingerprint density at radius 1 is 1.00 bits per heavy atom. The molecule has 1 saturated heterocycles. The second-order valence-electron chi connectivity index (χ2n) is 0.854. The highest BCUT2D eigenvalue weighted by atomic mass is 29.2. The zero-order chi connectivity index (χ0) is 2.83. The van der Waals surface area contributed by atoms with Gasteiger partial charge in [-0.05, 0) is 0 Å². The van der Waals surface area contributed by atoms with Gasteiger partial charge in [0, 0.05) is 0 Å². The molecule has 0 radical (unpaired) electrons. The number of hydrogen-bond acceptors (Lipinski definition) is 2. The molecule has 1 fully saturated rings. The van der Waals surface area contributed by atoms with E-state index in [9.17, 15) is 0 Å². The molecule has 4 heteroatoms. The molecule has 0 aliphatic carbocycles. The molecule has 0 unspecified atom stereocenters. The van der Waals surface area contributed by atoms with E-state index in [1.54, 1.807) is 0 Å². The summed E-state index contributed by atoms with van der Waals surface area (Å²) in [5.41, 5.74) is 0. The lowest BCUT2D eigenvalue weighted by molar-refractivity contribution is 0.913. The van der Waals surface area contributed by atoms with Crippen LogP contribution in [-0.2, 0) is 0 Å². The fourth-order valence-corrected chi connectivity index (χ4v) is 1.12. The van der Waals surface area contributed by atoms with Crippen LogP contribution in [-0.4, -0.2) is 18.4 Å². The third kappa shape index (κ3) is 0.228. The Kier molecular flexibility index (Phi) is 0.633. The van der Waals surface area contributed by atoms with Crippen LogP contribution in [0.5, 0.6) is 0 Å². The summed E-state index contributed by atoms with van der Waals surface area (Å²) in [6.45, 7) is 0.